The molecule has 0 bridgehead atoms. The lowest BCUT2D eigenvalue weighted by molar-refractivity contribution is 0.538. The van der Waals surface area contributed by atoms with Crippen LogP contribution in [0.15, 0.2) is 0 Å². The summed E-state index contributed by atoms with van der Waals surface area (Å²) in [5, 5.41) is 0. The molecule has 0 saturated carbocycles. The van der Waals surface area contributed by atoms with Gasteiger partial charge in [-0.15, -0.1) is 0 Å². The number of benzene rings is 1. The SMILES string of the molecule is CC(C)C(C)c1c(N)c(N)c(N)c(N)c1N. The fraction of sp³-hybridized carbons (Fsp3) is 0.455. The van der Waals surface area contributed by atoms with Crippen molar-refractivity contribution in [3.63, 3.8) is 0 Å². The van der Waals surface area contributed by atoms with Gasteiger partial charge in [0.2, 0.25) is 0 Å². The van der Waals surface area contributed by atoms with Crippen LogP contribution in [0.5, 0.6) is 0 Å². The van der Waals surface area contributed by atoms with Crippen LogP contribution in [0.4, 0.5) is 28.4 Å². The van der Waals surface area contributed by atoms with E-state index in [9.17, 15) is 0 Å². The van der Waals surface area contributed by atoms with E-state index in [2.05, 4.69) is 13.8 Å². The van der Waals surface area contributed by atoms with Crippen LogP contribution in [0.25, 0.3) is 0 Å². The van der Waals surface area contributed by atoms with Crippen molar-refractivity contribution in [3.8, 4) is 0 Å². The summed E-state index contributed by atoms with van der Waals surface area (Å²) in [7, 11) is 0. The number of nitrogen functional groups attached to an aromatic ring is 5. The number of nitrogens with two attached hydrogens (primary N) is 5. The first-order valence-electron chi connectivity index (χ1n) is 5.30. The predicted octanol–water partition coefficient (Wildman–Crippen LogP) is 1.36. The average molecular weight is 223 g/mol. The lowest BCUT2D eigenvalue weighted by Crippen LogP contribution is -2.15. The van der Waals surface area contributed by atoms with E-state index >= 15 is 0 Å². The molecule has 0 radical (unpaired) electrons. The molecule has 0 spiro atoms. The Bertz CT molecular complexity index is 382. The number of hydrogen-bond donors (Lipinski definition) is 5. The molecule has 10 N–H and O–H groups in total. The van der Waals surface area contributed by atoms with E-state index in [4.69, 9.17) is 28.7 Å². The van der Waals surface area contributed by atoms with Crippen LogP contribution in [0.2, 0.25) is 0 Å². The molecule has 1 aromatic carbocycles. The van der Waals surface area contributed by atoms with Crippen molar-refractivity contribution >= 4 is 28.4 Å². The first kappa shape index (κ1) is 12.3. The molecule has 1 unspecified atom stereocenters. The van der Waals surface area contributed by atoms with Gasteiger partial charge >= 0.3 is 0 Å². The van der Waals surface area contributed by atoms with Crippen LogP contribution in [-0.4, -0.2) is 0 Å². The van der Waals surface area contributed by atoms with Gasteiger partial charge in [0, 0.05) is 5.56 Å². The third kappa shape index (κ3) is 1.68. The Morgan fingerprint density at radius 2 is 0.938 bits per heavy atom. The summed E-state index contributed by atoms with van der Waals surface area (Å²) in [4.78, 5) is 0. The Labute approximate surface area is 96.0 Å². The molecular weight excluding hydrogens is 202 g/mol. The zero-order valence-electron chi connectivity index (χ0n) is 10.0. The van der Waals surface area contributed by atoms with Crippen LogP contribution < -0.4 is 28.7 Å². The highest BCUT2D eigenvalue weighted by atomic mass is 14.8. The van der Waals surface area contributed by atoms with Gasteiger partial charge in [0.25, 0.3) is 0 Å². The molecule has 0 aliphatic carbocycles. The van der Waals surface area contributed by atoms with Crippen molar-refractivity contribution < 1.29 is 0 Å². The Morgan fingerprint density at radius 3 is 1.25 bits per heavy atom. The van der Waals surface area contributed by atoms with Crippen molar-refractivity contribution in [2.24, 2.45) is 5.92 Å². The third-order valence-corrected chi connectivity index (χ3v) is 3.20. The number of rotatable bonds is 2. The lowest BCUT2D eigenvalue weighted by atomic mass is 9.86. The van der Waals surface area contributed by atoms with Crippen molar-refractivity contribution in [1.29, 1.82) is 0 Å². The van der Waals surface area contributed by atoms with Gasteiger partial charge in [0.05, 0.1) is 28.4 Å². The second-order valence-electron chi connectivity index (χ2n) is 4.51. The van der Waals surface area contributed by atoms with Gasteiger partial charge in [-0.25, -0.2) is 0 Å². The molecule has 0 saturated heterocycles. The van der Waals surface area contributed by atoms with E-state index in [-0.39, 0.29) is 11.6 Å². The molecule has 0 fully saturated rings. The molecule has 0 amide bonds. The highest BCUT2D eigenvalue weighted by Crippen LogP contribution is 2.43. The van der Waals surface area contributed by atoms with Crippen LogP contribution in [-0.2, 0) is 0 Å². The smallest absolute Gasteiger partial charge is 0.0824 e. The summed E-state index contributed by atoms with van der Waals surface area (Å²) in [6, 6.07) is 0. The molecule has 16 heavy (non-hydrogen) atoms. The normalized spacial score (nSPS) is 13.0. The van der Waals surface area contributed by atoms with Crippen molar-refractivity contribution in [2.45, 2.75) is 26.7 Å². The van der Waals surface area contributed by atoms with Crippen LogP contribution in [0.3, 0.4) is 0 Å². The van der Waals surface area contributed by atoms with Gasteiger partial charge < -0.3 is 28.7 Å². The first-order chi connectivity index (χ1) is 7.29. The van der Waals surface area contributed by atoms with Gasteiger partial charge in [-0.3, -0.25) is 0 Å². The summed E-state index contributed by atoms with van der Waals surface area (Å²) in [5.74, 6) is 0.581. The van der Waals surface area contributed by atoms with Crippen molar-refractivity contribution in [1.82, 2.24) is 0 Å². The predicted molar refractivity (Wildman–Crippen MR) is 71.8 cm³/mol. The average Bonchev–Trinajstić information content (AvgIpc) is 2.23. The highest BCUT2D eigenvalue weighted by molar-refractivity contribution is 5.96. The maximum atomic E-state index is 5.95. The van der Waals surface area contributed by atoms with Gasteiger partial charge in [0.1, 0.15) is 0 Å². The Morgan fingerprint density at radius 1 is 0.625 bits per heavy atom. The molecule has 5 heteroatoms. The van der Waals surface area contributed by atoms with E-state index in [1.165, 1.54) is 0 Å². The Hall–Kier alpha value is -1.78. The van der Waals surface area contributed by atoms with Gasteiger partial charge in [0.15, 0.2) is 0 Å². The fourth-order valence-corrected chi connectivity index (χ4v) is 1.69. The monoisotopic (exact) mass is 223 g/mol. The maximum absolute atomic E-state index is 5.95. The minimum atomic E-state index is 0.185. The highest BCUT2D eigenvalue weighted by Gasteiger charge is 2.22. The van der Waals surface area contributed by atoms with E-state index in [0.29, 0.717) is 28.7 Å². The van der Waals surface area contributed by atoms with Gasteiger partial charge in [-0.1, -0.05) is 20.8 Å². The maximum Gasteiger partial charge on any atom is 0.0824 e. The fourth-order valence-electron chi connectivity index (χ4n) is 1.69. The molecule has 0 aliphatic heterocycles. The zero-order valence-corrected chi connectivity index (χ0v) is 10.0. The topological polar surface area (TPSA) is 130 Å². The molecule has 1 aromatic rings. The summed E-state index contributed by atoms with van der Waals surface area (Å²) in [5.41, 5.74) is 31.9. The second kappa shape index (κ2) is 4.00. The quantitative estimate of drug-likeness (QED) is 0.483. The van der Waals surface area contributed by atoms with Crippen LogP contribution in [0.1, 0.15) is 32.3 Å². The summed E-state index contributed by atoms with van der Waals surface area (Å²) in [6.07, 6.45) is 0. The molecule has 1 atom stereocenters. The molecule has 90 valence electrons. The largest absolute Gasteiger partial charge is 0.397 e. The van der Waals surface area contributed by atoms with Gasteiger partial charge in [-0.05, 0) is 11.8 Å². The molecule has 5 nitrogen and oxygen atoms in total. The molecule has 0 heterocycles. The zero-order chi connectivity index (χ0) is 12.6. The molecule has 0 aliphatic rings. The van der Waals surface area contributed by atoms with Crippen molar-refractivity contribution in [2.75, 3.05) is 28.7 Å². The Kier molecular flexibility index (Phi) is 3.07. The lowest BCUT2D eigenvalue weighted by Gasteiger charge is -2.23. The minimum Gasteiger partial charge on any atom is -0.397 e. The number of hydrogen-bond acceptors (Lipinski definition) is 5. The molecular formula is C11H21N5. The summed E-state index contributed by atoms with van der Waals surface area (Å²) < 4.78 is 0. The van der Waals surface area contributed by atoms with Gasteiger partial charge in [-0.2, -0.15) is 0 Å². The van der Waals surface area contributed by atoms with Crippen molar-refractivity contribution in [3.05, 3.63) is 5.56 Å². The van der Waals surface area contributed by atoms with E-state index < -0.39 is 0 Å². The van der Waals surface area contributed by atoms with Crippen LogP contribution >= 0.6 is 0 Å². The number of anilines is 5. The summed E-state index contributed by atoms with van der Waals surface area (Å²) in [6.45, 7) is 6.22. The van der Waals surface area contributed by atoms with E-state index in [0.717, 1.165) is 5.56 Å². The first-order valence-corrected chi connectivity index (χ1v) is 5.30. The molecule has 1 rings (SSSR count). The molecule has 0 aromatic heterocycles. The second-order valence-corrected chi connectivity index (χ2v) is 4.51. The minimum absolute atomic E-state index is 0.185. The van der Waals surface area contributed by atoms with E-state index in [1.54, 1.807) is 0 Å². The Balaban J connectivity index is 3.51. The standard InChI is InChI=1S/C11H21N5/c1-4(2)5(3)6-7(12)9(14)11(16)10(15)8(6)13/h4-5H,12-16H2,1-3H3. The van der Waals surface area contributed by atoms with Crippen LogP contribution in [0, 0.1) is 5.92 Å². The summed E-state index contributed by atoms with van der Waals surface area (Å²) >= 11 is 0. The van der Waals surface area contributed by atoms with E-state index in [1.807, 2.05) is 6.92 Å². The third-order valence-electron chi connectivity index (χ3n) is 3.20.